The second kappa shape index (κ2) is 4.09. The third-order valence-corrected chi connectivity index (χ3v) is 1.47. The van der Waals surface area contributed by atoms with E-state index >= 15 is 0 Å². The van der Waals surface area contributed by atoms with E-state index in [1.54, 1.807) is 20.8 Å². The highest BCUT2D eigenvalue weighted by atomic mass is 16.5. The summed E-state index contributed by atoms with van der Waals surface area (Å²) in [4.78, 5) is 22.0. The maximum atomic E-state index is 11.0. The van der Waals surface area contributed by atoms with Gasteiger partial charge in [0.15, 0.2) is 0 Å². The van der Waals surface area contributed by atoms with E-state index in [0.29, 0.717) is 6.42 Å². The van der Waals surface area contributed by atoms with Crippen molar-refractivity contribution >= 4 is 11.9 Å². The molecule has 70 valence electrons. The summed E-state index contributed by atoms with van der Waals surface area (Å²) in [5, 5.41) is 2.54. The zero-order chi connectivity index (χ0) is 9.78. The van der Waals surface area contributed by atoms with E-state index in [1.165, 1.54) is 7.11 Å². The van der Waals surface area contributed by atoms with E-state index in [4.69, 9.17) is 0 Å². The number of methoxy groups -OCH3 is 1. The van der Waals surface area contributed by atoms with E-state index in [-0.39, 0.29) is 5.91 Å². The van der Waals surface area contributed by atoms with Gasteiger partial charge < -0.3 is 10.1 Å². The van der Waals surface area contributed by atoms with Gasteiger partial charge in [0.05, 0.1) is 7.11 Å². The molecule has 0 saturated heterocycles. The van der Waals surface area contributed by atoms with Crippen LogP contribution in [0, 0.1) is 0 Å². The average molecular weight is 173 g/mol. The summed E-state index contributed by atoms with van der Waals surface area (Å²) < 4.78 is 4.51. The zero-order valence-electron chi connectivity index (χ0n) is 7.93. The highest BCUT2D eigenvalue weighted by molar-refractivity contribution is 5.87. The van der Waals surface area contributed by atoms with Gasteiger partial charge >= 0.3 is 5.97 Å². The second-order valence-corrected chi connectivity index (χ2v) is 3.02. The molecule has 1 amide bonds. The van der Waals surface area contributed by atoms with Crippen LogP contribution < -0.4 is 5.32 Å². The third kappa shape index (κ3) is 2.90. The topological polar surface area (TPSA) is 55.4 Å². The molecule has 1 N–H and O–H groups in total. The average Bonchev–Trinajstić information content (AvgIpc) is 2.02. The number of hydrogen-bond donors (Lipinski definition) is 1. The van der Waals surface area contributed by atoms with Gasteiger partial charge in [0.1, 0.15) is 5.54 Å². The molecule has 0 aromatic rings. The fraction of sp³-hybridized carbons (Fsp3) is 0.750. The van der Waals surface area contributed by atoms with Crippen LogP contribution in [0.3, 0.4) is 0 Å². The van der Waals surface area contributed by atoms with Crippen molar-refractivity contribution in [3.63, 3.8) is 0 Å². The number of carbonyl (C=O) groups is 2. The van der Waals surface area contributed by atoms with Crippen LogP contribution in [-0.4, -0.2) is 24.5 Å². The summed E-state index contributed by atoms with van der Waals surface area (Å²) in [5.41, 5.74) is -0.929. The van der Waals surface area contributed by atoms with Gasteiger partial charge in [0, 0.05) is 6.42 Å². The van der Waals surface area contributed by atoms with E-state index in [1.807, 2.05) is 0 Å². The Balaban J connectivity index is 4.21. The van der Waals surface area contributed by atoms with Crippen LogP contribution in [0.15, 0.2) is 0 Å². The number of carbonyl (C=O) groups excluding carboxylic acids is 2. The van der Waals surface area contributed by atoms with Gasteiger partial charge in [-0.05, 0) is 13.8 Å². The summed E-state index contributed by atoms with van der Waals surface area (Å²) in [6, 6.07) is 0. The van der Waals surface area contributed by atoms with Crippen LogP contribution in [0.4, 0.5) is 0 Å². The van der Waals surface area contributed by atoms with Crippen LogP contribution in [0.1, 0.15) is 27.2 Å². The third-order valence-electron chi connectivity index (χ3n) is 1.47. The van der Waals surface area contributed by atoms with Crippen molar-refractivity contribution in [1.29, 1.82) is 0 Å². The molecule has 4 heteroatoms. The van der Waals surface area contributed by atoms with Gasteiger partial charge in [0.2, 0.25) is 5.91 Å². The zero-order valence-corrected chi connectivity index (χ0v) is 7.93. The first-order valence-electron chi connectivity index (χ1n) is 3.83. The molecular weight excluding hydrogens is 158 g/mol. The predicted octanol–water partition coefficient (Wildman–Crippen LogP) is 0.464. The Morgan fingerprint density at radius 2 is 1.92 bits per heavy atom. The first kappa shape index (κ1) is 10.9. The normalized spacial score (nSPS) is 10.7. The minimum atomic E-state index is -0.929. The lowest BCUT2D eigenvalue weighted by Gasteiger charge is -2.22. The Hall–Kier alpha value is -1.06. The Morgan fingerprint density at radius 3 is 2.25 bits per heavy atom. The first-order chi connectivity index (χ1) is 5.44. The lowest BCUT2D eigenvalue weighted by atomic mass is 10.1. The van der Waals surface area contributed by atoms with Crippen molar-refractivity contribution in [3.05, 3.63) is 0 Å². The molecule has 0 aliphatic heterocycles. The van der Waals surface area contributed by atoms with Crippen molar-refractivity contribution in [1.82, 2.24) is 5.32 Å². The first-order valence-corrected chi connectivity index (χ1v) is 3.83. The summed E-state index contributed by atoms with van der Waals surface area (Å²) in [5.74, 6) is -0.602. The van der Waals surface area contributed by atoms with E-state index in [0.717, 1.165) is 0 Å². The fourth-order valence-electron chi connectivity index (χ4n) is 0.743. The molecule has 4 nitrogen and oxygen atoms in total. The van der Waals surface area contributed by atoms with Crippen molar-refractivity contribution in [2.24, 2.45) is 0 Å². The maximum Gasteiger partial charge on any atom is 0.330 e. The van der Waals surface area contributed by atoms with Gasteiger partial charge in [-0.15, -0.1) is 0 Å². The largest absolute Gasteiger partial charge is 0.467 e. The SMILES string of the molecule is CCC(=O)NC(C)(C)C(=O)OC. The Labute approximate surface area is 72.3 Å². The molecule has 0 aliphatic rings. The van der Waals surface area contributed by atoms with Crippen LogP contribution in [-0.2, 0) is 14.3 Å². The number of nitrogens with one attached hydrogen (secondary N) is 1. The van der Waals surface area contributed by atoms with Crippen molar-refractivity contribution in [2.45, 2.75) is 32.7 Å². The lowest BCUT2D eigenvalue weighted by molar-refractivity contribution is -0.149. The molecule has 0 saturated carbocycles. The molecule has 0 aromatic carbocycles. The molecule has 0 radical (unpaired) electrons. The quantitative estimate of drug-likeness (QED) is 0.631. The van der Waals surface area contributed by atoms with Crippen LogP contribution in [0.25, 0.3) is 0 Å². The predicted molar refractivity (Wildman–Crippen MR) is 44.5 cm³/mol. The Kier molecular flexibility index (Phi) is 3.73. The van der Waals surface area contributed by atoms with Gasteiger partial charge in [0.25, 0.3) is 0 Å². The van der Waals surface area contributed by atoms with Gasteiger partial charge in [-0.2, -0.15) is 0 Å². The van der Waals surface area contributed by atoms with Gasteiger partial charge in [-0.3, -0.25) is 4.79 Å². The number of amides is 1. The molecular formula is C8H15NO3. The maximum absolute atomic E-state index is 11.0. The summed E-state index contributed by atoms with van der Waals surface area (Å²) in [6.45, 7) is 4.93. The fourth-order valence-corrected chi connectivity index (χ4v) is 0.743. The lowest BCUT2D eigenvalue weighted by Crippen LogP contribution is -2.50. The molecule has 0 atom stereocenters. The minimum Gasteiger partial charge on any atom is -0.467 e. The number of esters is 1. The molecule has 0 heterocycles. The summed E-state index contributed by atoms with van der Waals surface area (Å²) in [6.07, 6.45) is 0.362. The van der Waals surface area contributed by atoms with Crippen molar-refractivity contribution in [3.8, 4) is 0 Å². The van der Waals surface area contributed by atoms with Crippen LogP contribution >= 0.6 is 0 Å². The summed E-state index contributed by atoms with van der Waals surface area (Å²) in [7, 11) is 1.29. The van der Waals surface area contributed by atoms with Gasteiger partial charge in [-0.25, -0.2) is 4.79 Å². The van der Waals surface area contributed by atoms with Crippen LogP contribution in [0.5, 0.6) is 0 Å². The molecule has 12 heavy (non-hydrogen) atoms. The summed E-state index contributed by atoms with van der Waals surface area (Å²) >= 11 is 0. The van der Waals surface area contributed by atoms with E-state index in [9.17, 15) is 9.59 Å². The second-order valence-electron chi connectivity index (χ2n) is 3.02. The molecule has 0 bridgehead atoms. The monoisotopic (exact) mass is 173 g/mol. The Morgan fingerprint density at radius 1 is 1.42 bits per heavy atom. The number of ether oxygens (including phenoxy) is 1. The number of hydrogen-bond acceptors (Lipinski definition) is 3. The van der Waals surface area contributed by atoms with Crippen LogP contribution in [0.2, 0.25) is 0 Å². The van der Waals surface area contributed by atoms with Crippen molar-refractivity contribution in [2.75, 3.05) is 7.11 Å². The van der Waals surface area contributed by atoms with Crippen molar-refractivity contribution < 1.29 is 14.3 Å². The standard InChI is InChI=1S/C8H15NO3/c1-5-6(10)9-8(2,3)7(11)12-4/h5H2,1-4H3,(H,9,10). The molecule has 0 aliphatic carbocycles. The molecule has 0 rings (SSSR count). The van der Waals surface area contributed by atoms with Gasteiger partial charge in [-0.1, -0.05) is 6.92 Å². The smallest absolute Gasteiger partial charge is 0.330 e. The number of rotatable bonds is 3. The molecule has 0 fully saturated rings. The molecule has 0 spiro atoms. The Bertz CT molecular complexity index is 187. The molecule has 0 unspecified atom stereocenters. The highest BCUT2D eigenvalue weighted by Gasteiger charge is 2.29. The minimum absolute atomic E-state index is 0.162. The highest BCUT2D eigenvalue weighted by Crippen LogP contribution is 2.04. The van der Waals surface area contributed by atoms with E-state index < -0.39 is 11.5 Å². The molecule has 0 aromatic heterocycles. The van der Waals surface area contributed by atoms with E-state index in [2.05, 4.69) is 10.1 Å².